The van der Waals surface area contributed by atoms with Crippen molar-refractivity contribution in [2.75, 3.05) is 0 Å². The molecule has 1 aromatic rings. The third-order valence-electron chi connectivity index (χ3n) is 2.54. The predicted molar refractivity (Wildman–Crippen MR) is 65.7 cm³/mol. The molecule has 0 aliphatic heterocycles. The Bertz CT molecular complexity index is 452. The third kappa shape index (κ3) is 4.48. The van der Waals surface area contributed by atoms with E-state index in [1.165, 1.54) is 6.92 Å². The normalized spacial score (nSPS) is 15.5. The molecule has 0 saturated heterocycles. The molecule has 106 valence electrons. The highest BCUT2D eigenvalue weighted by molar-refractivity contribution is 5.75. The molecule has 0 spiro atoms. The van der Waals surface area contributed by atoms with E-state index in [1.54, 1.807) is 13.8 Å². The molecule has 6 heteroatoms. The van der Waals surface area contributed by atoms with Gasteiger partial charge in [-0.3, -0.25) is 4.79 Å². The minimum Gasteiger partial charge on any atom is -0.484 e. The van der Waals surface area contributed by atoms with Gasteiger partial charge >= 0.3 is 5.97 Å². The summed E-state index contributed by atoms with van der Waals surface area (Å²) in [4.78, 5) is 11.3. The first kappa shape index (κ1) is 15.4. The highest BCUT2D eigenvalue weighted by atomic mass is 19.1. The molecule has 0 bridgehead atoms. The van der Waals surface area contributed by atoms with E-state index in [4.69, 9.17) is 15.2 Å². The Morgan fingerprint density at radius 2 is 1.84 bits per heavy atom. The van der Waals surface area contributed by atoms with E-state index in [-0.39, 0.29) is 5.75 Å². The molecule has 0 fully saturated rings. The number of rotatable bonds is 5. The van der Waals surface area contributed by atoms with E-state index in [0.717, 1.165) is 18.2 Å². The van der Waals surface area contributed by atoms with Crippen molar-refractivity contribution in [1.29, 1.82) is 0 Å². The zero-order valence-electron chi connectivity index (χ0n) is 11.0. The van der Waals surface area contributed by atoms with Crippen molar-refractivity contribution in [1.82, 2.24) is 0 Å². The van der Waals surface area contributed by atoms with E-state index in [2.05, 4.69) is 0 Å². The van der Waals surface area contributed by atoms with Crippen molar-refractivity contribution < 1.29 is 23.0 Å². The molecule has 0 aromatic heterocycles. The number of hydrogen-bond acceptors (Lipinski definition) is 4. The minimum absolute atomic E-state index is 0.226. The lowest BCUT2D eigenvalue weighted by Gasteiger charge is -2.22. The molecule has 0 radical (unpaired) electrons. The zero-order valence-corrected chi connectivity index (χ0v) is 11.0. The second kappa shape index (κ2) is 6.47. The monoisotopic (exact) mass is 273 g/mol. The molecule has 19 heavy (non-hydrogen) atoms. The largest absolute Gasteiger partial charge is 0.484 e. The van der Waals surface area contributed by atoms with Crippen LogP contribution in [0.4, 0.5) is 8.78 Å². The SMILES string of the molecule is C[C@H](N)C(=O)O[C@@H](C)[C@@H](C)Oc1cc(F)ccc1F. The standard InChI is InChI=1S/C13H17F2NO3/c1-7(16)13(17)19-9(3)8(2)18-12-6-10(14)4-5-11(12)15/h4-9H,16H2,1-3H3/t7-,8+,9-/m0/s1. The van der Waals surface area contributed by atoms with Crippen LogP contribution >= 0.6 is 0 Å². The summed E-state index contributed by atoms with van der Waals surface area (Å²) >= 11 is 0. The molecule has 0 aliphatic carbocycles. The highest BCUT2D eigenvalue weighted by Crippen LogP contribution is 2.20. The number of halogens is 2. The Labute approximate surface area is 110 Å². The number of benzene rings is 1. The zero-order chi connectivity index (χ0) is 14.6. The number of carbonyl (C=O) groups is 1. The summed E-state index contributed by atoms with van der Waals surface area (Å²) in [7, 11) is 0. The van der Waals surface area contributed by atoms with Crippen molar-refractivity contribution in [2.24, 2.45) is 5.73 Å². The lowest BCUT2D eigenvalue weighted by Crippen LogP contribution is -2.37. The van der Waals surface area contributed by atoms with E-state index in [9.17, 15) is 13.6 Å². The van der Waals surface area contributed by atoms with Gasteiger partial charge < -0.3 is 15.2 Å². The lowest BCUT2D eigenvalue weighted by atomic mass is 10.2. The third-order valence-corrected chi connectivity index (χ3v) is 2.54. The first-order valence-electron chi connectivity index (χ1n) is 5.89. The molecular formula is C13H17F2NO3. The van der Waals surface area contributed by atoms with Gasteiger partial charge in [0.05, 0.1) is 0 Å². The molecule has 3 atom stereocenters. The summed E-state index contributed by atoms with van der Waals surface area (Å²) in [6.07, 6.45) is -1.28. The molecular weight excluding hydrogens is 256 g/mol. The molecule has 0 heterocycles. The van der Waals surface area contributed by atoms with Gasteiger partial charge in [-0.2, -0.15) is 0 Å². The summed E-state index contributed by atoms with van der Waals surface area (Å²) in [6.45, 7) is 4.67. The van der Waals surface area contributed by atoms with E-state index >= 15 is 0 Å². The Kier molecular flexibility index (Phi) is 5.23. The van der Waals surface area contributed by atoms with Crippen LogP contribution in [0.3, 0.4) is 0 Å². The van der Waals surface area contributed by atoms with Crippen molar-refractivity contribution in [2.45, 2.75) is 39.0 Å². The maximum Gasteiger partial charge on any atom is 0.323 e. The molecule has 0 unspecified atom stereocenters. The minimum atomic E-state index is -0.749. The van der Waals surface area contributed by atoms with Crippen LogP contribution in [0.1, 0.15) is 20.8 Å². The fourth-order valence-electron chi connectivity index (χ4n) is 1.25. The number of carbonyl (C=O) groups excluding carboxylic acids is 1. The Hall–Kier alpha value is -1.69. The summed E-state index contributed by atoms with van der Waals surface area (Å²) < 4.78 is 36.6. The molecule has 1 rings (SSSR count). The maximum absolute atomic E-state index is 13.4. The molecule has 4 nitrogen and oxygen atoms in total. The molecule has 2 N–H and O–H groups in total. The van der Waals surface area contributed by atoms with Crippen LogP contribution < -0.4 is 10.5 Å². The number of ether oxygens (including phenoxy) is 2. The Balaban J connectivity index is 2.66. The first-order valence-corrected chi connectivity index (χ1v) is 5.89. The van der Waals surface area contributed by atoms with Crippen molar-refractivity contribution in [3.8, 4) is 5.75 Å². The molecule has 0 aliphatic rings. The summed E-state index contributed by atoms with van der Waals surface area (Å²) in [5.74, 6) is -2.10. The quantitative estimate of drug-likeness (QED) is 0.834. The van der Waals surface area contributed by atoms with Gasteiger partial charge in [0.15, 0.2) is 11.6 Å². The van der Waals surface area contributed by atoms with Crippen LogP contribution in [-0.2, 0) is 9.53 Å². The van der Waals surface area contributed by atoms with Crippen molar-refractivity contribution in [3.05, 3.63) is 29.8 Å². The van der Waals surface area contributed by atoms with Crippen molar-refractivity contribution >= 4 is 5.97 Å². The van der Waals surface area contributed by atoms with Gasteiger partial charge in [0.25, 0.3) is 0 Å². The predicted octanol–water partition coefficient (Wildman–Crippen LogP) is 2.01. The summed E-state index contributed by atoms with van der Waals surface area (Å²) in [5, 5.41) is 0. The smallest absolute Gasteiger partial charge is 0.323 e. The van der Waals surface area contributed by atoms with Gasteiger partial charge in [0.1, 0.15) is 24.1 Å². The summed E-state index contributed by atoms with van der Waals surface area (Å²) in [6, 6.07) is 2.15. The fourth-order valence-corrected chi connectivity index (χ4v) is 1.25. The Morgan fingerprint density at radius 1 is 1.21 bits per heavy atom. The first-order chi connectivity index (χ1) is 8.81. The number of hydrogen-bond donors (Lipinski definition) is 1. The van der Waals surface area contributed by atoms with Gasteiger partial charge in [0, 0.05) is 6.07 Å². The average Bonchev–Trinajstić information content (AvgIpc) is 2.33. The van der Waals surface area contributed by atoms with Crippen LogP contribution in [0, 0.1) is 11.6 Å². The van der Waals surface area contributed by atoms with E-state index < -0.39 is 35.9 Å². The van der Waals surface area contributed by atoms with Gasteiger partial charge in [-0.1, -0.05) is 0 Å². The van der Waals surface area contributed by atoms with Gasteiger partial charge in [0.2, 0.25) is 0 Å². The van der Waals surface area contributed by atoms with Crippen LogP contribution in [0.15, 0.2) is 18.2 Å². The van der Waals surface area contributed by atoms with Crippen LogP contribution in [0.25, 0.3) is 0 Å². The fraction of sp³-hybridized carbons (Fsp3) is 0.462. The van der Waals surface area contributed by atoms with Gasteiger partial charge in [-0.15, -0.1) is 0 Å². The Morgan fingerprint density at radius 3 is 2.42 bits per heavy atom. The van der Waals surface area contributed by atoms with E-state index in [0.29, 0.717) is 0 Å². The van der Waals surface area contributed by atoms with Crippen LogP contribution in [-0.4, -0.2) is 24.2 Å². The summed E-state index contributed by atoms with van der Waals surface area (Å²) in [5.41, 5.74) is 5.36. The van der Waals surface area contributed by atoms with Gasteiger partial charge in [-0.05, 0) is 32.9 Å². The highest BCUT2D eigenvalue weighted by Gasteiger charge is 2.21. The lowest BCUT2D eigenvalue weighted by molar-refractivity contribution is -0.153. The molecule has 1 aromatic carbocycles. The average molecular weight is 273 g/mol. The topological polar surface area (TPSA) is 61.6 Å². The van der Waals surface area contributed by atoms with Gasteiger partial charge in [-0.25, -0.2) is 8.78 Å². The maximum atomic E-state index is 13.4. The van der Waals surface area contributed by atoms with E-state index in [1.807, 2.05) is 0 Å². The molecule has 0 saturated carbocycles. The number of esters is 1. The number of nitrogens with two attached hydrogens (primary N) is 1. The second-order valence-electron chi connectivity index (χ2n) is 4.33. The van der Waals surface area contributed by atoms with Crippen LogP contribution in [0.5, 0.6) is 5.75 Å². The second-order valence-corrected chi connectivity index (χ2v) is 4.33. The molecule has 0 amide bonds. The van der Waals surface area contributed by atoms with Crippen molar-refractivity contribution in [3.63, 3.8) is 0 Å². The van der Waals surface area contributed by atoms with Crippen LogP contribution in [0.2, 0.25) is 0 Å².